The van der Waals surface area contributed by atoms with Gasteiger partial charge in [0.1, 0.15) is 0 Å². The largest absolute Gasteiger partial charge is 0.352 e. The molecule has 0 radical (unpaired) electrons. The van der Waals surface area contributed by atoms with Crippen LogP contribution in [0.2, 0.25) is 0 Å². The van der Waals surface area contributed by atoms with E-state index in [-0.39, 0.29) is 11.9 Å². The van der Waals surface area contributed by atoms with Gasteiger partial charge >= 0.3 is 0 Å². The van der Waals surface area contributed by atoms with E-state index in [2.05, 4.69) is 19.2 Å². The van der Waals surface area contributed by atoms with E-state index in [0.29, 0.717) is 12.0 Å². The molecule has 0 aromatic rings. The Morgan fingerprint density at radius 1 is 1.47 bits per heavy atom. The van der Waals surface area contributed by atoms with Gasteiger partial charge in [0.05, 0.1) is 6.04 Å². The number of carbonyl (C=O) groups excluding carboxylic acids is 1. The average Bonchev–Trinajstić information content (AvgIpc) is 2.18. The number of nitrogens with two attached hydrogens (primary N) is 1. The van der Waals surface area contributed by atoms with Crippen LogP contribution in [-0.2, 0) is 4.79 Å². The highest BCUT2D eigenvalue weighted by molar-refractivity contribution is 7.99. The highest BCUT2D eigenvalue weighted by Gasteiger charge is 2.20. The van der Waals surface area contributed by atoms with Crippen LogP contribution in [-0.4, -0.2) is 29.5 Å². The zero-order valence-corrected chi connectivity index (χ0v) is 10.5. The molecule has 88 valence electrons. The summed E-state index contributed by atoms with van der Waals surface area (Å²) in [6.07, 6.45) is 2.95. The van der Waals surface area contributed by atoms with Gasteiger partial charge in [-0.25, -0.2) is 0 Å². The molecule has 1 aliphatic rings. The second kappa shape index (κ2) is 6.38. The summed E-state index contributed by atoms with van der Waals surface area (Å²) in [4.78, 5) is 11.7. The van der Waals surface area contributed by atoms with Crippen molar-refractivity contribution in [1.29, 1.82) is 0 Å². The second-order valence-electron chi connectivity index (χ2n) is 4.63. The Balaban J connectivity index is 2.27. The molecule has 3 nitrogen and oxygen atoms in total. The third-order valence-electron chi connectivity index (χ3n) is 2.63. The molecular weight excluding hydrogens is 208 g/mol. The van der Waals surface area contributed by atoms with Crippen molar-refractivity contribution in [2.24, 2.45) is 11.7 Å². The fraction of sp³-hybridized carbons (Fsp3) is 0.909. The molecule has 1 heterocycles. The molecular formula is C11H22N2OS. The molecule has 3 N–H and O–H groups in total. The molecule has 1 saturated heterocycles. The molecule has 0 spiro atoms. The standard InChI is InChI=1S/C11H22N2OS/c1-8(2)7-10(12)11(14)13-9-3-5-15-6-4-9/h8-10H,3-7,12H2,1-2H3,(H,13,14)/t10-/m1/s1. The summed E-state index contributed by atoms with van der Waals surface area (Å²) >= 11 is 1.96. The van der Waals surface area contributed by atoms with Gasteiger partial charge in [-0.15, -0.1) is 0 Å². The molecule has 0 saturated carbocycles. The summed E-state index contributed by atoms with van der Waals surface area (Å²) in [5, 5.41) is 3.05. The normalized spacial score (nSPS) is 20.3. The van der Waals surface area contributed by atoms with Crippen molar-refractivity contribution in [2.75, 3.05) is 11.5 Å². The molecule has 0 aliphatic carbocycles. The van der Waals surface area contributed by atoms with Gasteiger partial charge in [-0.1, -0.05) is 13.8 Å². The molecule has 1 atom stereocenters. The van der Waals surface area contributed by atoms with Crippen LogP contribution in [0.15, 0.2) is 0 Å². The Kier molecular flexibility index (Phi) is 5.47. The van der Waals surface area contributed by atoms with E-state index in [0.717, 1.165) is 30.8 Å². The molecule has 1 rings (SSSR count). The lowest BCUT2D eigenvalue weighted by molar-refractivity contribution is -0.123. The van der Waals surface area contributed by atoms with Crippen molar-refractivity contribution in [3.63, 3.8) is 0 Å². The van der Waals surface area contributed by atoms with Crippen molar-refractivity contribution in [3.05, 3.63) is 0 Å². The molecule has 0 bridgehead atoms. The zero-order chi connectivity index (χ0) is 11.3. The third kappa shape index (κ3) is 4.89. The smallest absolute Gasteiger partial charge is 0.237 e. The number of thioether (sulfide) groups is 1. The quantitative estimate of drug-likeness (QED) is 0.767. The van der Waals surface area contributed by atoms with Crippen molar-refractivity contribution >= 4 is 17.7 Å². The Morgan fingerprint density at radius 3 is 2.60 bits per heavy atom. The van der Waals surface area contributed by atoms with E-state index in [1.807, 2.05) is 11.8 Å². The van der Waals surface area contributed by atoms with E-state index in [1.54, 1.807) is 0 Å². The van der Waals surface area contributed by atoms with E-state index in [1.165, 1.54) is 0 Å². The number of nitrogens with one attached hydrogen (secondary N) is 1. The first-order valence-corrected chi connectivity index (χ1v) is 6.88. The Morgan fingerprint density at radius 2 is 2.07 bits per heavy atom. The van der Waals surface area contributed by atoms with Crippen molar-refractivity contribution < 1.29 is 4.79 Å². The maximum atomic E-state index is 11.7. The number of carbonyl (C=O) groups is 1. The summed E-state index contributed by atoms with van der Waals surface area (Å²) in [5.74, 6) is 2.82. The third-order valence-corrected chi connectivity index (χ3v) is 3.68. The van der Waals surface area contributed by atoms with E-state index < -0.39 is 0 Å². The molecule has 1 fully saturated rings. The van der Waals surface area contributed by atoms with Gasteiger partial charge in [-0.2, -0.15) is 11.8 Å². The summed E-state index contributed by atoms with van der Waals surface area (Å²) in [6.45, 7) is 4.18. The van der Waals surface area contributed by atoms with Crippen molar-refractivity contribution in [1.82, 2.24) is 5.32 Å². The summed E-state index contributed by atoms with van der Waals surface area (Å²) in [6, 6.07) is 0.0246. The number of rotatable bonds is 4. The minimum Gasteiger partial charge on any atom is -0.352 e. The van der Waals surface area contributed by atoms with Crippen molar-refractivity contribution in [3.8, 4) is 0 Å². The average molecular weight is 230 g/mol. The molecule has 0 aromatic carbocycles. The molecule has 4 heteroatoms. The molecule has 0 aromatic heterocycles. The molecule has 15 heavy (non-hydrogen) atoms. The van der Waals surface area contributed by atoms with Crippen LogP contribution >= 0.6 is 11.8 Å². The fourth-order valence-electron chi connectivity index (χ4n) is 1.77. The highest BCUT2D eigenvalue weighted by atomic mass is 32.2. The summed E-state index contributed by atoms with van der Waals surface area (Å²) < 4.78 is 0. The maximum Gasteiger partial charge on any atom is 0.237 e. The minimum atomic E-state index is -0.334. The lowest BCUT2D eigenvalue weighted by Crippen LogP contribution is -2.46. The van der Waals surface area contributed by atoms with Gasteiger partial charge in [0.25, 0.3) is 0 Å². The first kappa shape index (κ1) is 12.8. The minimum absolute atomic E-state index is 0.0283. The Hall–Kier alpha value is -0.220. The van der Waals surface area contributed by atoms with Gasteiger partial charge in [0.15, 0.2) is 0 Å². The number of amides is 1. The Bertz CT molecular complexity index is 203. The van der Waals surface area contributed by atoms with E-state index in [9.17, 15) is 4.79 Å². The predicted octanol–water partition coefficient (Wildman–Crippen LogP) is 1.37. The first-order chi connectivity index (χ1) is 7.09. The topological polar surface area (TPSA) is 55.1 Å². The van der Waals surface area contributed by atoms with Gasteiger partial charge in [0, 0.05) is 6.04 Å². The Labute approximate surface area is 96.6 Å². The second-order valence-corrected chi connectivity index (χ2v) is 5.86. The van der Waals surface area contributed by atoms with Gasteiger partial charge in [0.2, 0.25) is 5.91 Å². The van der Waals surface area contributed by atoms with Crippen LogP contribution in [0.25, 0.3) is 0 Å². The fourth-order valence-corrected chi connectivity index (χ4v) is 2.87. The molecule has 1 amide bonds. The predicted molar refractivity (Wildman–Crippen MR) is 65.9 cm³/mol. The summed E-state index contributed by atoms with van der Waals surface area (Å²) in [7, 11) is 0. The van der Waals surface area contributed by atoms with Crippen LogP contribution in [0.5, 0.6) is 0 Å². The van der Waals surface area contributed by atoms with E-state index in [4.69, 9.17) is 5.73 Å². The summed E-state index contributed by atoms with van der Waals surface area (Å²) in [5.41, 5.74) is 5.82. The van der Waals surface area contributed by atoms with E-state index >= 15 is 0 Å². The molecule has 0 unspecified atom stereocenters. The van der Waals surface area contributed by atoms with Crippen LogP contribution < -0.4 is 11.1 Å². The van der Waals surface area contributed by atoms with Crippen LogP contribution in [0.1, 0.15) is 33.1 Å². The monoisotopic (exact) mass is 230 g/mol. The van der Waals surface area contributed by atoms with Gasteiger partial charge in [-0.3, -0.25) is 4.79 Å². The van der Waals surface area contributed by atoms with Crippen molar-refractivity contribution in [2.45, 2.75) is 45.2 Å². The number of hydrogen-bond acceptors (Lipinski definition) is 3. The van der Waals surface area contributed by atoms with Gasteiger partial charge in [-0.05, 0) is 36.7 Å². The van der Waals surface area contributed by atoms with Crippen LogP contribution in [0.4, 0.5) is 0 Å². The number of hydrogen-bond donors (Lipinski definition) is 2. The SMILES string of the molecule is CC(C)C[C@@H](N)C(=O)NC1CCSCC1. The zero-order valence-electron chi connectivity index (χ0n) is 9.66. The maximum absolute atomic E-state index is 11.7. The lowest BCUT2D eigenvalue weighted by Gasteiger charge is -2.24. The lowest BCUT2D eigenvalue weighted by atomic mass is 10.0. The first-order valence-electron chi connectivity index (χ1n) is 5.73. The molecule has 1 aliphatic heterocycles. The highest BCUT2D eigenvalue weighted by Crippen LogP contribution is 2.17. The van der Waals surface area contributed by atoms with Gasteiger partial charge < -0.3 is 11.1 Å². The van der Waals surface area contributed by atoms with Crippen LogP contribution in [0.3, 0.4) is 0 Å². The van der Waals surface area contributed by atoms with Crippen LogP contribution in [0, 0.1) is 5.92 Å².